The highest BCUT2D eigenvalue weighted by atomic mass is 35.5. The molecule has 166 valence electrons. The Morgan fingerprint density at radius 3 is 2.00 bits per heavy atom. The number of hydrogen-bond acceptors (Lipinski definition) is 8. The molecule has 0 saturated heterocycles. The van der Waals surface area contributed by atoms with E-state index in [0.29, 0.717) is 0 Å². The SMILES string of the molecule is COc1ccc(Cl)c(OC)c1N=NC(C(C)=O)C(=O)N(Cl)c1c(OC)cccc1OC. The second kappa shape index (κ2) is 10.8. The minimum atomic E-state index is -1.56. The van der Waals surface area contributed by atoms with Crippen molar-refractivity contribution in [1.29, 1.82) is 0 Å². The van der Waals surface area contributed by atoms with Gasteiger partial charge in [0.1, 0.15) is 22.9 Å². The number of anilines is 1. The first-order valence-electron chi connectivity index (χ1n) is 8.83. The first kappa shape index (κ1) is 24.2. The van der Waals surface area contributed by atoms with Gasteiger partial charge in [-0.05, 0) is 31.2 Å². The van der Waals surface area contributed by atoms with Crippen LogP contribution in [-0.2, 0) is 9.59 Å². The third kappa shape index (κ3) is 5.18. The number of para-hydroxylation sites is 1. The van der Waals surface area contributed by atoms with Crippen molar-refractivity contribution in [2.45, 2.75) is 13.0 Å². The number of halogens is 2. The van der Waals surface area contributed by atoms with Crippen LogP contribution in [0.25, 0.3) is 0 Å². The number of Topliss-reactive ketones (excluding diaryl/α,β-unsaturated/α-hetero) is 1. The molecule has 2 aromatic carbocycles. The smallest absolute Gasteiger partial charge is 0.276 e. The van der Waals surface area contributed by atoms with E-state index in [9.17, 15) is 9.59 Å². The fraction of sp³-hybridized carbons (Fsp3) is 0.300. The highest BCUT2D eigenvalue weighted by molar-refractivity contribution is 6.40. The summed E-state index contributed by atoms with van der Waals surface area (Å²) in [7, 11) is 5.63. The van der Waals surface area contributed by atoms with Crippen molar-refractivity contribution >= 4 is 46.4 Å². The number of benzene rings is 2. The van der Waals surface area contributed by atoms with E-state index in [1.807, 2.05) is 0 Å². The molecular weight excluding hydrogens is 449 g/mol. The maximum Gasteiger partial charge on any atom is 0.276 e. The van der Waals surface area contributed by atoms with E-state index in [2.05, 4.69) is 10.2 Å². The molecule has 0 radical (unpaired) electrons. The van der Waals surface area contributed by atoms with Gasteiger partial charge in [-0.15, -0.1) is 5.11 Å². The molecule has 0 aliphatic carbocycles. The number of nitrogens with zero attached hydrogens (tertiary/aromatic N) is 3. The Balaban J connectivity index is 2.48. The van der Waals surface area contributed by atoms with Gasteiger partial charge in [-0.3, -0.25) is 9.59 Å². The van der Waals surface area contributed by atoms with Gasteiger partial charge in [0.15, 0.2) is 17.2 Å². The van der Waals surface area contributed by atoms with Crippen LogP contribution < -0.4 is 23.4 Å². The number of hydrogen-bond donors (Lipinski definition) is 0. The molecule has 2 aromatic rings. The summed E-state index contributed by atoms with van der Waals surface area (Å²) in [6.07, 6.45) is 0. The predicted octanol–water partition coefficient (Wildman–Crippen LogP) is 4.60. The zero-order chi connectivity index (χ0) is 23.1. The van der Waals surface area contributed by atoms with Crippen LogP contribution in [0.3, 0.4) is 0 Å². The number of methoxy groups -OCH3 is 4. The van der Waals surface area contributed by atoms with Gasteiger partial charge in [0.25, 0.3) is 5.91 Å². The van der Waals surface area contributed by atoms with E-state index in [1.54, 1.807) is 30.3 Å². The predicted molar refractivity (Wildman–Crippen MR) is 116 cm³/mol. The maximum absolute atomic E-state index is 13.0. The lowest BCUT2D eigenvalue weighted by Crippen LogP contribution is -2.36. The van der Waals surface area contributed by atoms with Gasteiger partial charge in [-0.2, -0.15) is 5.11 Å². The van der Waals surface area contributed by atoms with Crippen LogP contribution in [0.2, 0.25) is 5.02 Å². The number of ketones is 1. The van der Waals surface area contributed by atoms with Crippen molar-refractivity contribution in [1.82, 2.24) is 0 Å². The molecule has 0 heterocycles. The second-order valence-corrected chi connectivity index (χ2v) is 6.74. The average molecular weight is 470 g/mol. The summed E-state index contributed by atoms with van der Waals surface area (Å²) in [6.45, 7) is 1.19. The minimum Gasteiger partial charge on any atom is -0.494 e. The van der Waals surface area contributed by atoms with E-state index in [4.69, 9.17) is 42.3 Å². The molecule has 0 fully saturated rings. The summed E-state index contributed by atoms with van der Waals surface area (Å²) < 4.78 is 21.7. The molecule has 1 atom stereocenters. The highest BCUT2D eigenvalue weighted by Crippen LogP contribution is 2.43. The van der Waals surface area contributed by atoms with Gasteiger partial charge in [0.05, 0.1) is 33.5 Å². The molecule has 1 unspecified atom stereocenters. The van der Waals surface area contributed by atoms with Gasteiger partial charge in [-0.25, -0.2) is 4.42 Å². The topological polar surface area (TPSA) is 99.0 Å². The summed E-state index contributed by atoms with van der Waals surface area (Å²) in [6, 6.07) is 6.40. The van der Waals surface area contributed by atoms with Crippen molar-refractivity contribution in [3.63, 3.8) is 0 Å². The van der Waals surface area contributed by atoms with Crippen molar-refractivity contribution in [3.8, 4) is 23.0 Å². The first-order chi connectivity index (χ1) is 14.8. The summed E-state index contributed by atoms with van der Waals surface area (Å²) in [4.78, 5) is 25.3. The molecule has 1 amide bonds. The van der Waals surface area contributed by atoms with Crippen molar-refractivity contribution in [2.24, 2.45) is 10.2 Å². The molecular formula is C20H21Cl2N3O6. The van der Waals surface area contributed by atoms with Crippen LogP contribution >= 0.6 is 23.4 Å². The summed E-state index contributed by atoms with van der Waals surface area (Å²) >= 11 is 12.4. The largest absolute Gasteiger partial charge is 0.494 e. The van der Waals surface area contributed by atoms with Gasteiger partial charge >= 0.3 is 0 Å². The minimum absolute atomic E-state index is 0.118. The Labute approximate surface area is 189 Å². The lowest BCUT2D eigenvalue weighted by molar-refractivity contribution is -0.126. The number of azo groups is 1. The van der Waals surface area contributed by atoms with Crippen molar-refractivity contribution in [2.75, 3.05) is 32.9 Å². The number of rotatable bonds is 9. The fourth-order valence-corrected chi connectivity index (χ4v) is 3.13. The average Bonchev–Trinajstić information content (AvgIpc) is 2.77. The quantitative estimate of drug-likeness (QED) is 0.302. The van der Waals surface area contributed by atoms with E-state index < -0.39 is 17.7 Å². The molecule has 31 heavy (non-hydrogen) atoms. The van der Waals surface area contributed by atoms with Crippen LogP contribution in [0.15, 0.2) is 40.6 Å². The number of carbonyl (C=O) groups excluding carboxylic acids is 2. The molecule has 0 aromatic heterocycles. The van der Waals surface area contributed by atoms with E-state index in [1.165, 1.54) is 35.4 Å². The molecule has 9 nitrogen and oxygen atoms in total. The van der Waals surface area contributed by atoms with Crippen molar-refractivity contribution in [3.05, 3.63) is 35.4 Å². The Morgan fingerprint density at radius 1 is 0.935 bits per heavy atom. The van der Waals surface area contributed by atoms with E-state index in [0.717, 1.165) is 4.42 Å². The van der Waals surface area contributed by atoms with Crippen LogP contribution in [0.5, 0.6) is 23.0 Å². The standard InChI is InChI=1S/C20H21Cl2N3O6/c1-11(26)16(23-24-17-13(28-2)10-9-12(21)19(17)31-5)20(27)25(22)18-14(29-3)7-6-8-15(18)30-4/h6-10,16H,1-5H3. The summed E-state index contributed by atoms with van der Waals surface area (Å²) in [5, 5.41) is 8.17. The number of amides is 1. The molecule has 2 rings (SSSR count). The lowest BCUT2D eigenvalue weighted by Gasteiger charge is -2.21. The number of carbonyl (C=O) groups is 2. The lowest BCUT2D eigenvalue weighted by atomic mass is 10.2. The van der Waals surface area contributed by atoms with Crippen LogP contribution in [0, 0.1) is 0 Å². The molecule has 0 aliphatic rings. The van der Waals surface area contributed by atoms with E-state index >= 15 is 0 Å². The Bertz CT molecular complexity index is 977. The third-order valence-electron chi connectivity index (χ3n) is 4.15. The van der Waals surface area contributed by atoms with Crippen molar-refractivity contribution < 1.29 is 28.5 Å². The molecule has 0 saturated carbocycles. The zero-order valence-electron chi connectivity index (χ0n) is 17.5. The Morgan fingerprint density at radius 2 is 1.52 bits per heavy atom. The monoisotopic (exact) mass is 469 g/mol. The first-order valence-corrected chi connectivity index (χ1v) is 9.54. The third-order valence-corrected chi connectivity index (χ3v) is 4.79. The Hall–Kier alpha value is -3.04. The van der Waals surface area contributed by atoms with Gasteiger partial charge < -0.3 is 18.9 Å². The molecule has 0 aliphatic heterocycles. The Kier molecular flexibility index (Phi) is 8.47. The van der Waals surface area contributed by atoms with E-state index in [-0.39, 0.29) is 39.4 Å². The second-order valence-electron chi connectivity index (χ2n) is 5.99. The molecule has 11 heteroatoms. The molecule has 0 bridgehead atoms. The molecule has 0 N–H and O–H groups in total. The van der Waals surface area contributed by atoms with Gasteiger partial charge in [0.2, 0.25) is 6.04 Å². The highest BCUT2D eigenvalue weighted by Gasteiger charge is 2.32. The summed E-state index contributed by atoms with van der Waals surface area (Å²) in [5.41, 5.74) is 0.242. The summed E-state index contributed by atoms with van der Waals surface area (Å²) in [5.74, 6) is -0.461. The van der Waals surface area contributed by atoms with Gasteiger partial charge in [-0.1, -0.05) is 17.7 Å². The fourth-order valence-electron chi connectivity index (χ4n) is 2.64. The maximum atomic E-state index is 13.0. The zero-order valence-corrected chi connectivity index (χ0v) is 19.0. The van der Waals surface area contributed by atoms with Crippen LogP contribution in [-0.4, -0.2) is 46.2 Å². The normalized spacial score (nSPS) is 11.7. The van der Waals surface area contributed by atoms with Crippen LogP contribution in [0.1, 0.15) is 6.92 Å². The van der Waals surface area contributed by atoms with Crippen LogP contribution in [0.4, 0.5) is 11.4 Å². The number of ether oxygens (including phenoxy) is 4. The van der Waals surface area contributed by atoms with Gasteiger partial charge in [0, 0.05) is 11.8 Å². The molecule has 0 spiro atoms.